The highest BCUT2D eigenvalue weighted by Gasteiger charge is 2.27. The molecule has 0 spiro atoms. The number of piperidine rings is 1. The zero-order chi connectivity index (χ0) is 13.1. The van der Waals surface area contributed by atoms with Gasteiger partial charge in [0.05, 0.1) is 5.92 Å². The molecule has 1 N–H and O–H groups in total. The Morgan fingerprint density at radius 3 is 3.11 bits per heavy atom. The van der Waals surface area contributed by atoms with Crippen LogP contribution in [0, 0.1) is 11.7 Å². The lowest BCUT2D eigenvalue weighted by atomic mass is 9.97. The van der Waals surface area contributed by atoms with Crippen LogP contribution in [0.3, 0.4) is 0 Å². The molecule has 1 fully saturated rings. The predicted molar refractivity (Wildman–Crippen MR) is 70.9 cm³/mol. The van der Waals surface area contributed by atoms with Crippen molar-refractivity contribution in [1.29, 1.82) is 0 Å². The second kappa shape index (κ2) is 5.65. The van der Waals surface area contributed by atoms with E-state index in [9.17, 15) is 9.18 Å². The number of anilines is 1. The van der Waals surface area contributed by atoms with E-state index in [4.69, 9.17) is 0 Å². The van der Waals surface area contributed by atoms with E-state index in [-0.39, 0.29) is 17.6 Å². The maximum absolute atomic E-state index is 13.8. The standard InChI is InChI=1S/C12H15BrFN3O/c1-15-12(18)8-3-2-4-17(7-8)11-10(14)5-9(13)6-16-11/h5-6,8H,2-4,7H2,1H3,(H,15,18). The molecule has 0 aliphatic carbocycles. The van der Waals surface area contributed by atoms with E-state index in [1.807, 2.05) is 4.90 Å². The van der Waals surface area contributed by atoms with Gasteiger partial charge in [-0.3, -0.25) is 4.79 Å². The molecule has 0 bridgehead atoms. The highest BCUT2D eigenvalue weighted by molar-refractivity contribution is 9.10. The molecule has 0 aromatic carbocycles. The van der Waals surface area contributed by atoms with Crippen molar-refractivity contribution < 1.29 is 9.18 Å². The number of carbonyl (C=O) groups is 1. The summed E-state index contributed by atoms with van der Waals surface area (Å²) in [6.45, 7) is 1.25. The maximum Gasteiger partial charge on any atom is 0.224 e. The summed E-state index contributed by atoms with van der Waals surface area (Å²) in [5, 5.41) is 2.64. The molecule has 1 aliphatic rings. The second-order valence-corrected chi connectivity index (χ2v) is 5.27. The molecule has 1 aliphatic heterocycles. The van der Waals surface area contributed by atoms with Crippen molar-refractivity contribution in [2.75, 3.05) is 25.0 Å². The van der Waals surface area contributed by atoms with E-state index in [2.05, 4.69) is 26.2 Å². The van der Waals surface area contributed by atoms with Crippen LogP contribution in [0.5, 0.6) is 0 Å². The molecule has 98 valence electrons. The SMILES string of the molecule is CNC(=O)C1CCCN(c2ncc(Br)cc2F)C1. The molecule has 1 amide bonds. The van der Waals surface area contributed by atoms with Gasteiger partial charge in [-0.05, 0) is 34.8 Å². The van der Waals surface area contributed by atoms with Crippen molar-refractivity contribution in [3.8, 4) is 0 Å². The Morgan fingerprint density at radius 1 is 1.67 bits per heavy atom. The first-order chi connectivity index (χ1) is 8.61. The molecular weight excluding hydrogens is 301 g/mol. The van der Waals surface area contributed by atoms with Crippen molar-refractivity contribution in [1.82, 2.24) is 10.3 Å². The van der Waals surface area contributed by atoms with Crippen LogP contribution >= 0.6 is 15.9 Å². The van der Waals surface area contributed by atoms with E-state index in [1.54, 1.807) is 13.2 Å². The van der Waals surface area contributed by atoms with Crippen molar-refractivity contribution in [2.24, 2.45) is 5.92 Å². The molecule has 0 radical (unpaired) electrons. The molecular formula is C12H15BrFN3O. The molecule has 6 heteroatoms. The van der Waals surface area contributed by atoms with Crippen LogP contribution in [0.25, 0.3) is 0 Å². The third kappa shape index (κ3) is 2.80. The molecule has 1 aromatic rings. The third-order valence-electron chi connectivity index (χ3n) is 3.13. The third-order valence-corrected chi connectivity index (χ3v) is 3.56. The normalized spacial score (nSPS) is 19.7. The average Bonchev–Trinajstić information content (AvgIpc) is 2.38. The minimum Gasteiger partial charge on any atom is -0.359 e. The Morgan fingerprint density at radius 2 is 2.44 bits per heavy atom. The topological polar surface area (TPSA) is 45.2 Å². The predicted octanol–water partition coefficient (Wildman–Crippen LogP) is 1.95. The number of nitrogens with one attached hydrogen (secondary N) is 1. The Hall–Kier alpha value is -1.17. The fraction of sp³-hybridized carbons (Fsp3) is 0.500. The lowest BCUT2D eigenvalue weighted by Gasteiger charge is -2.32. The lowest BCUT2D eigenvalue weighted by Crippen LogP contribution is -2.42. The van der Waals surface area contributed by atoms with E-state index < -0.39 is 0 Å². The van der Waals surface area contributed by atoms with E-state index >= 15 is 0 Å². The second-order valence-electron chi connectivity index (χ2n) is 4.36. The molecule has 1 saturated heterocycles. The van der Waals surface area contributed by atoms with Crippen LogP contribution in [-0.2, 0) is 4.79 Å². The molecule has 0 saturated carbocycles. The number of aromatic nitrogens is 1. The zero-order valence-corrected chi connectivity index (χ0v) is 11.7. The van der Waals surface area contributed by atoms with Crippen LogP contribution in [0.15, 0.2) is 16.7 Å². The summed E-state index contributed by atoms with van der Waals surface area (Å²) in [6.07, 6.45) is 3.28. The van der Waals surface area contributed by atoms with E-state index in [0.29, 0.717) is 16.8 Å². The molecule has 1 atom stereocenters. The largest absolute Gasteiger partial charge is 0.359 e. The van der Waals surface area contributed by atoms with Gasteiger partial charge in [0.25, 0.3) is 0 Å². The number of hydrogen-bond acceptors (Lipinski definition) is 3. The average molecular weight is 316 g/mol. The van der Waals surface area contributed by atoms with Gasteiger partial charge in [-0.25, -0.2) is 9.37 Å². The van der Waals surface area contributed by atoms with Crippen LogP contribution in [0.4, 0.5) is 10.2 Å². The van der Waals surface area contributed by atoms with Crippen LogP contribution in [0.1, 0.15) is 12.8 Å². The van der Waals surface area contributed by atoms with Gasteiger partial charge in [-0.15, -0.1) is 0 Å². The number of pyridine rings is 1. The van der Waals surface area contributed by atoms with Gasteiger partial charge in [0.2, 0.25) is 5.91 Å². The van der Waals surface area contributed by atoms with Crippen molar-refractivity contribution >= 4 is 27.7 Å². The number of amides is 1. The fourth-order valence-electron chi connectivity index (χ4n) is 2.23. The van der Waals surface area contributed by atoms with Gasteiger partial charge >= 0.3 is 0 Å². The summed E-state index contributed by atoms with van der Waals surface area (Å²) in [6, 6.07) is 1.39. The number of rotatable bonds is 2. The van der Waals surface area contributed by atoms with Crippen molar-refractivity contribution in [2.45, 2.75) is 12.8 Å². The molecule has 1 aromatic heterocycles. The van der Waals surface area contributed by atoms with E-state index in [0.717, 1.165) is 19.4 Å². The minimum atomic E-state index is -0.359. The van der Waals surface area contributed by atoms with E-state index in [1.165, 1.54) is 6.07 Å². The highest BCUT2D eigenvalue weighted by atomic mass is 79.9. The lowest BCUT2D eigenvalue weighted by molar-refractivity contribution is -0.124. The first kappa shape index (κ1) is 13.3. The van der Waals surface area contributed by atoms with Gasteiger partial charge in [0.15, 0.2) is 11.6 Å². The smallest absolute Gasteiger partial charge is 0.224 e. The number of carbonyl (C=O) groups excluding carboxylic acids is 1. The molecule has 18 heavy (non-hydrogen) atoms. The molecule has 4 nitrogen and oxygen atoms in total. The Labute approximate surface area is 114 Å². The highest BCUT2D eigenvalue weighted by Crippen LogP contribution is 2.25. The summed E-state index contributed by atoms with van der Waals surface area (Å²) >= 11 is 3.18. The Bertz CT molecular complexity index is 455. The van der Waals surface area contributed by atoms with Gasteiger partial charge in [0, 0.05) is 30.8 Å². The fourth-order valence-corrected chi connectivity index (χ4v) is 2.53. The summed E-state index contributed by atoms with van der Waals surface area (Å²) in [5.74, 6) is -0.112. The Balaban J connectivity index is 2.15. The van der Waals surface area contributed by atoms with Gasteiger partial charge in [0.1, 0.15) is 0 Å². The summed E-state index contributed by atoms with van der Waals surface area (Å²) in [5.41, 5.74) is 0. The number of hydrogen-bond donors (Lipinski definition) is 1. The monoisotopic (exact) mass is 315 g/mol. The van der Waals surface area contributed by atoms with Crippen molar-refractivity contribution in [3.05, 3.63) is 22.6 Å². The summed E-state index contributed by atoms with van der Waals surface area (Å²) in [4.78, 5) is 17.6. The maximum atomic E-state index is 13.8. The Kier molecular flexibility index (Phi) is 4.16. The van der Waals surface area contributed by atoms with Crippen LogP contribution < -0.4 is 10.2 Å². The van der Waals surface area contributed by atoms with Gasteiger partial charge in [-0.1, -0.05) is 0 Å². The first-order valence-electron chi connectivity index (χ1n) is 5.89. The number of nitrogens with zero attached hydrogens (tertiary/aromatic N) is 2. The molecule has 2 rings (SSSR count). The zero-order valence-electron chi connectivity index (χ0n) is 10.1. The van der Waals surface area contributed by atoms with Gasteiger partial charge in [-0.2, -0.15) is 0 Å². The minimum absolute atomic E-state index is 0.0113. The summed E-state index contributed by atoms with van der Waals surface area (Å²) < 4.78 is 14.4. The number of halogens is 2. The van der Waals surface area contributed by atoms with Gasteiger partial charge < -0.3 is 10.2 Å². The van der Waals surface area contributed by atoms with Crippen LogP contribution in [-0.4, -0.2) is 31.0 Å². The first-order valence-corrected chi connectivity index (χ1v) is 6.68. The molecule has 2 heterocycles. The van der Waals surface area contributed by atoms with Crippen molar-refractivity contribution in [3.63, 3.8) is 0 Å². The summed E-state index contributed by atoms with van der Waals surface area (Å²) in [7, 11) is 1.62. The quantitative estimate of drug-likeness (QED) is 0.907. The molecule has 1 unspecified atom stereocenters. The van der Waals surface area contributed by atoms with Crippen LogP contribution in [0.2, 0.25) is 0 Å².